The zero-order valence-electron chi connectivity index (χ0n) is 9.14. The molecule has 0 atom stereocenters. The molecule has 0 saturated heterocycles. The fourth-order valence-electron chi connectivity index (χ4n) is 1.47. The first-order valence-electron chi connectivity index (χ1n) is 4.91. The van der Waals surface area contributed by atoms with Gasteiger partial charge in [0, 0.05) is 24.3 Å². The van der Waals surface area contributed by atoms with Crippen LogP contribution in [0.15, 0.2) is 24.3 Å². The number of aryl methyl sites for hydroxylation is 1. The maximum Gasteiger partial charge on any atom is 0.139 e. The Morgan fingerprint density at radius 2 is 2.25 bits per heavy atom. The number of hydrogen-bond acceptors (Lipinski definition) is 4. The minimum Gasteiger partial charge on any atom is -0.369 e. The van der Waals surface area contributed by atoms with Crippen molar-refractivity contribution in [3.05, 3.63) is 39.9 Å². The van der Waals surface area contributed by atoms with Crippen LogP contribution >= 0.6 is 23.1 Å². The second-order valence-electron chi connectivity index (χ2n) is 3.69. The van der Waals surface area contributed by atoms with Crippen LogP contribution < -0.4 is 4.90 Å². The molecule has 84 valence electrons. The summed E-state index contributed by atoms with van der Waals surface area (Å²) in [6.07, 6.45) is 0. The smallest absolute Gasteiger partial charge is 0.139 e. The standard InChI is InChI=1S/C11H12ClN3S/c1-8-4-3-5-9(6-8)15(2)7-10-11(12)16-14-13-10/h3-6H,7H2,1-2H3. The molecule has 2 rings (SSSR count). The van der Waals surface area contributed by atoms with Crippen molar-refractivity contribution in [2.75, 3.05) is 11.9 Å². The van der Waals surface area contributed by atoms with Gasteiger partial charge in [0.05, 0.1) is 6.54 Å². The Kier molecular flexibility index (Phi) is 3.41. The number of rotatable bonds is 3. The Morgan fingerprint density at radius 3 is 2.88 bits per heavy atom. The molecule has 0 amide bonds. The van der Waals surface area contributed by atoms with Crippen molar-refractivity contribution in [2.45, 2.75) is 13.5 Å². The normalized spacial score (nSPS) is 10.4. The van der Waals surface area contributed by atoms with Gasteiger partial charge in [-0.15, -0.1) is 5.10 Å². The summed E-state index contributed by atoms with van der Waals surface area (Å²) in [7, 11) is 2.02. The summed E-state index contributed by atoms with van der Waals surface area (Å²) in [5.74, 6) is 0. The van der Waals surface area contributed by atoms with Gasteiger partial charge >= 0.3 is 0 Å². The molecule has 1 aromatic carbocycles. The monoisotopic (exact) mass is 253 g/mol. The molecule has 0 saturated carbocycles. The van der Waals surface area contributed by atoms with Crippen LogP contribution in [0, 0.1) is 6.92 Å². The van der Waals surface area contributed by atoms with Crippen molar-refractivity contribution in [1.82, 2.24) is 9.59 Å². The molecule has 0 N–H and O–H groups in total. The Balaban J connectivity index is 2.14. The molecule has 1 aromatic heterocycles. The summed E-state index contributed by atoms with van der Waals surface area (Å²) >= 11 is 7.19. The van der Waals surface area contributed by atoms with Crippen molar-refractivity contribution in [3.63, 3.8) is 0 Å². The summed E-state index contributed by atoms with van der Waals surface area (Å²) in [5, 5.41) is 4.00. The maximum absolute atomic E-state index is 5.97. The topological polar surface area (TPSA) is 29.0 Å². The SMILES string of the molecule is Cc1cccc(N(C)Cc2nnsc2Cl)c1. The van der Waals surface area contributed by atoms with Crippen molar-refractivity contribution >= 4 is 28.8 Å². The lowest BCUT2D eigenvalue weighted by Gasteiger charge is -2.18. The molecule has 0 bridgehead atoms. The molecule has 0 radical (unpaired) electrons. The van der Waals surface area contributed by atoms with E-state index in [9.17, 15) is 0 Å². The van der Waals surface area contributed by atoms with E-state index >= 15 is 0 Å². The molecule has 3 nitrogen and oxygen atoms in total. The van der Waals surface area contributed by atoms with Crippen LogP contribution in [0.5, 0.6) is 0 Å². The summed E-state index contributed by atoms with van der Waals surface area (Å²) in [6, 6.07) is 8.32. The largest absolute Gasteiger partial charge is 0.369 e. The van der Waals surface area contributed by atoms with Gasteiger partial charge in [-0.25, -0.2) is 0 Å². The molecule has 0 aliphatic heterocycles. The number of benzene rings is 1. The number of aromatic nitrogens is 2. The van der Waals surface area contributed by atoms with Gasteiger partial charge in [-0.2, -0.15) is 0 Å². The van der Waals surface area contributed by atoms with Crippen molar-refractivity contribution in [3.8, 4) is 0 Å². The molecule has 0 unspecified atom stereocenters. The third kappa shape index (κ3) is 2.51. The molecular weight excluding hydrogens is 242 g/mol. The second-order valence-corrected chi connectivity index (χ2v) is 5.04. The van der Waals surface area contributed by atoms with E-state index in [0.29, 0.717) is 10.9 Å². The Morgan fingerprint density at radius 1 is 1.44 bits per heavy atom. The summed E-state index contributed by atoms with van der Waals surface area (Å²) in [5.41, 5.74) is 3.23. The molecule has 16 heavy (non-hydrogen) atoms. The minimum absolute atomic E-state index is 0.666. The zero-order chi connectivity index (χ0) is 11.5. The van der Waals surface area contributed by atoms with E-state index in [2.05, 4.69) is 39.6 Å². The van der Waals surface area contributed by atoms with E-state index in [1.54, 1.807) is 0 Å². The molecule has 5 heteroatoms. The van der Waals surface area contributed by atoms with E-state index in [4.69, 9.17) is 11.6 Å². The third-order valence-electron chi connectivity index (χ3n) is 2.34. The molecule has 1 heterocycles. The lowest BCUT2D eigenvalue weighted by Crippen LogP contribution is -2.16. The minimum atomic E-state index is 0.666. The first-order valence-corrected chi connectivity index (χ1v) is 6.06. The van der Waals surface area contributed by atoms with Gasteiger partial charge < -0.3 is 4.90 Å². The molecule has 2 aromatic rings. The summed E-state index contributed by atoms with van der Waals surface area (Å²) in [6.45, 7) is 2.76. The van der Waals surface area contributed by atoms with Crippen molar-refractivity contribution in [2.24, 2.45) is 0 Å². The lowest BCUT2D eigenvalue weighted by atomic mass is 10.2. The highest BCUT2D eigenvalue weighted by Gasteiger charge is 2.09. The number of halogens is 1. The fourth-order valence-corrected chi connectivity index (χ4v) is 2.08. The van der Waals surface area contributed by atoms with Crippen LogP contribution in [0.4, 0.5) is 5.69 Å². The first-order chi connectivity index (χ1) is 7.66. The van der Waals surface area contributed by atoms with Gasteiger partial charge in [-0.3, -0.25) is 0 Å². The highest BCUT2D eigenvalue weighted by atomic mass is 35.5. The van der Waals surface area contributed by atoms with Crippen LogP contribution in [0.1, 0.15) is 11.3 Å². The summed E-state index contributed by atoms with van der Waals surface area (Å²) in [4.78, 5) is 2.11. The average molecular weight is 254 g/mol. The van der Waals surface area contributed by atoms with Crippen LogP contribution in [0.25, 0.3) is 0 Å². The quantitative estimate of drug-likeness (QED) is 0.842. The van der Waals surface area contributed by atoms with Crippen molar-refractivity contribution < 1.29 is 0 Å². The van der Waals surface area contributed by atoms with Crippen LogP contribution in [0.3, 0.4) is 0 Å². The van der Waals surface area contributed by atoms with E-state index in [-0.39, 0.29) is 0 Å². The molecule has 0 spiro atoms. The van der Waals surface area contributed by atoms with E-state index in [1.807, 2.05) is 13.1 Å². The lowest BCUT2D eigenvalue weighted by molar-refractivity contribution is 0.872. The molecular formula is C11H12ClN3S. The predicted molar refractivity (Wildman–Crippen MR) is 68.2 cm³/mol. The number of anilines is 1. The first kappa shape index (κ1) is 11.4. The van der Waals surface area contributed by atoms with Crippen LogP contribution in [0.2, 0.25) is 4.34 Å². The van der Waals surface area contributed by atoms with Gasteiger partial charge in [0.25, 0.3) is 0 Å². The van der Waals surface area contributed by atoms with Gasteiger partial charge in [0.1, 0.15) is 10.0 Å². The second kappa shape index (κ2) is 4.80. The van der Waals surface area contributed by atoms with Gasteiger partial charge in [-0.1, -0.05) is 28.2 Å². The molecule has 0 fully saturated rings. The fraction of sp³-hybridized carbons (Fsp3) is 0.273. The molecule has 0 aliphatic rings. The van der Waals surface area contributed by atoms with E-state index in [0.717, 1.165) is 11.4 Å². The number of nitrogens with zero attached hydrogens (tertiary/aromatic N) is 3. The van der Waals surface area contributed by atoms with Crippen LogP contribution in [-0.4, -0.2) is 16.6 Å². The highest BCUT2D eigenvalue weighted by Crippen LogP contribution is 2.21. The number of hydrogen-bond donors (Lipinski definition) is 0. The Hall–Kier alpha value is -1.13. The summed E-state index contributed by atoms with van der Waals surface area (Å²) < 4.78 is 4.49. The Bertz CT molecular complexity index is 484. The van der Waals surface area contributed by atoms with Gasteiger partial charge in [-0.05, 0) is 24.6 Å². The van der Waals surface area contributed by atoms with E-state index < -0.39 is 0 Å². The highest BCUT2D eigenvalue weighted by molar-refractivity contribution is 7.10. The average Bonchev–Trinajstić information content (AvgIpc) is 2.64. The van der Waals surface area contributed by atoms with E-state index in [1.165, 1.54) is 17.1 Å². The van der Waals surface area contributed by atoms with Gasteiger partial charge in [0.2, 0.25) is 0 Å². The Labute approximate surface area is 104 Å². The van der Waals surface area contributed by atoms with Crippen molar-refractivity contribution in [1.29, 1.82) is 0 Å². The predicted octanol–water partition coefficient (Wildman–Crippen LogP) is 3.14. The van der Waals surface area contributed by atoms with Crippen LogP contribution in [-0.2, 0) is 6.54 Å². The zero-order valence-corrected chi connectivity index (χ0v) is 10.7. The van der Waals surface area contributed by atoms with Gasteiger partial charge in [0.15, 0.2) is 0 Å². The molecule has 0 aliphatic carbocycles. The maximum atomic E-state index is 5.97. The third-order valence-corrected chi connectivity index (χ3v) is 3.32.